The van der Waals surface area contributed by atoms with E-state index in [0.717, 1.165) is 12.1 Å². The molecule has 84 valence electrons. The molecule has 0 bridgehead atoms. The predicted octanol–water partition coefficient (Wildman–Crippen LogP) is 2.30. The number of halogens is 2. The maximum absolute atomic E-state index is 13.1. The molecule has 0 spiro atoms. The largest absolute Gasteiger partial charge is 0.312 e. The number of hydrogen-bond acceptors (Lipinski definition) is 2. The van der Waals surface area contributed by atoms with E-state index in [1.54, 1.807) is 6.07 Å². The highest BCUT2D eigenvalue weighted by molar-refractivity contribution is 6.31. The summed E-state index contributed by atoms with van der Waals surface area (Å²) in [6.45, 7) is 0.777. The molecule has 0 aliphatic carbocycles. The number of likely N-dealkylation sites (N-methyl/N-ethyl adjacent to an activating group) is 2. The molecule has 4 heteroatoms. The van der Waals surface area contributed by atoms with Crippen LogP contribution in [-0.4, -0.2) is 32.6 Å². The SMILES string of the molecule is CNC(CN(C)C)c1cc(F)ccc1Cl. The van der Waals surface area contributed by atoms with E-state index < -0.39 is 0 Å². The molecule has 1 aromatic carbocycles. The van der Waals surface area contributed by atoms with Crippen molar-refractivity contribution in [2.24, 2.45) is 0 Å². The molecule has 1 aromatic rings. The van der Waals surface area contributed by atoms with Gasteiger partial charge in [-0.3, -0.25) is 0 Å². The molecule has 0 saturated heterocycles. The zero-order valence-electron chi connectivity index (χ0n) is 9.22. The van der Waals surface area contributed by atoms with Gasteiger partial charge in [0.1, 0.15) is 5.82 Å². The summed E-state index contributed by atoms with van der Waals surface area (Å²) in [6.07, 6.45) is 0. The fourth-order valence-corrected chi connectivity index (χ4v) is 1.74. The Morgan fingerprint density at radius 3 is 2.67 bits per heavy atom. The molecule has 2 nitrogen and oxygen atoms in total. The Hall–Kier alpha value is -0.640. The molecule has 0 aromatic heterocycles. The van der Waals surface area contributed by atoms with Crippen LogP contribution in [-0.2, 0) is 0 Å². The first-order chi connectivity index (χ1) is 7.04. The Balaban J connectivity index is 2.95. The maximum atomic E-state index is 13.1. The first-order valence-corrected chi connectivity index (χ1v) is 5.19. The monoisotopic (exact) mass is 230 g/mol. The summed E-state index contributed by atoms with van der Waals surface area (Å²) in [4.78, 5) is 2.03. The van der Waals surface area contributed by atoms with Gasteiger partial charge in [-0.15, -0.1) is 0 Å². The summed E-state index contributed by atoms with van der Waals surface area (Å²) in [5.41, 5.74) is 0.799. The minimum Gasteiger partial charge on any atom is -0.312 e. The molecule has 0 amide bonds. The van der Waals surface area contributed by atoms with E-state index in [-0.39, 0.29) is 11.9 Å². The number of nitrogens with one attached hydrogen (secondary N) is 1. The van der Waals surface area contributed by atoms with E-state index in [0.29, 0.717) is 5.02 Å². The molecular weight excluding hydrogens is 215 g/mol. The summed E-state index contributed by atoms with van der Waals surface area (Å²) in [5.74, 6) is -0.256. The van der Waals surface area contributed by atoms with E-state index in [4.69, 9.17) is 11.6 Å². The lowest BCUT2D eigenvalue weighted by Crippen LogP contribution is -2.29. The molecule has 0 fully saturated rings. The van der Waals surface area contributed by atoms with E-state index >= 15 is 0 Å². The second-order valence-corrected chi connectivity index (χ2v) is 4.18. The van der Waals surface area contributed by atoms with Gasteiger partial charge in [0.15, 0.2) is 0 Å². The molecule has 0 heterocycles. The molecule has 0 radical (unpaired) electrons. The van der Waals surface area contributed by atoms with Crippen molar-refractivity contribution < 1.29 is 4.39 Å². The van der Waals surface area contributed by atoms with Gasteiger partial charge >= 0.3 is 0 Å². The highest BCUT2D eigenvalue weighted by Gasteiger charge is 2.14. The van der Waals surface area contributed by atoms with Crippen molar-refractivity contribution in [2.75, 3.05) is 27.7 Å². The Labute approximate surface area is 95.0 Å². The van der Waals surface area contributed by atoms with Crippen molar-refractivity contribution in [1.29, 1.82) is 0 Å². The van der Waals surface area contributed by atoms with Gasteiger partial charge < -0.3 is 10.2 Å². The van der Waals surface area contributed by atoms with Gasteiger partial charge in [0.25, 0.3) is 0 Å². The molecule has 15 heavy (non-hydrogen) atoms. The lowest BCUT2D eigenvalue weighted by atomic mass is 10.1. The van der Waals surface area contributed by atoms with Crippen molar-refractivity contribution >= 4 is 11.6 Å². The zero-order valence-corrected chi connectivity index (χ0v) is 9.98. The van der Waals surface area contributed by atoms with E-state index in [2.05, 4.69) is 5.32 Å². The van der Waals surface area contributed by atoms with Crippen molar-refractivity contribution in [3.8, 4) is 0 Å². The fourth-order valence-electron chi connectivity index (χ4n) is 1.49. The molecule has 1 unspecified atom stereocenters. The van der Waals surface area contributed by atoms with Gasteiger partial charge in [-0.1, -0.05) is 11.6 Å². The van der Waals surface area contributed by atoms with Crippen LogP contribution in [0, 0.1) is 5.82 Å². The van der Waals surface area contributed by atoms with E-state index in [9.17, 15) is 4.39 Å². The standard InChI is InChI=1S/C11H16ClFN2/c1-14-11(7-15(2)3)9-6-8(13)4-5-10(9)12/h4-6,11,14H,7H2,1-3H3. The molecule has 0 aliphatic rings. The van der Waals surface area contributed by atoms with Gasteiger partial charge in [-0.05, 0) is 44.9 Å². The van der Waals surface area contributed by atoms with Crippen LogP contribution in [0.3, 0.4) is 0 Å². The molecule has 1 rings (SSSR count). The van der Waals surface area contributed by atoms with E-state index in [1.165, 1.54) is 12.1 Å². The van der Waals surface area contributed by atoms with Crippen molar-refractivity contribution in [1.82, 2.24) is 10.2 Å². The Morgan fingerprint density at radius 2 is 2.13 bits per heavy atom. The Kier molecular flexibility index (Phi) is 4.51. The van der Waals surface area contributed by atoms with Gasteiger partial charge in [0, 0.05) is 17.6 Å². The summed E-state index contributed by atoms with van der Waals surface area (Å²) in [6, 6.07) is 4.48. The van der Waals surface area contributed by atoms with Crippen molar-refractivity contribution in [2.45, 2.75) is 6.04 Å². The topological polar surface area (TPSA) is 15.3 Å². The number of nitrogens with zero attached hydrogens (tertiary/aromatic N) is 1. The summed E-state index contributed by atoms with van der Waals surface area (Å²) >= 11 is 6.03. The minimum atomic E-state index is -0.256. The second-order valence-electron chi connectivity index (χ2n) is 3.77. The van der Waals surface area contributed by atoms with Crippen LogP contribution < -0.4 is 5.32 Å². The third-order valence-corrected chi connectivity index (χ3v) is 2.57. The van der Waals surface area contributed by atoms with Gasteiger partial charge in [0.05, 0.1) is 0 Å². The molecule has 0 saturated carbocycles. The fraction of sp³-hybridized carbons (Fsp3) is 0.455. The third-order valence-electron chi connectivity index (χ3n) is 2.23. The first kappa shape index (κ1) is 12.4. The highest BCUT2D eigenvalue weighted by Crippen LogP contribution is 2.24. The van der Waals surface area contributed by atoms with Crippen LogP contribution in [0.4, 0.5) is 4.39 Å². The number of hydrogen-bond donors (Lipinski definition) is 1. The molecule has 1 atom stereocenters. The van der Waals surface area contributed by atoms with Gasteiger partial charge in [-0.2, -0.15) is 0 Å². The Morgan fingerprint density at radius 1 is 1.47 bits per heavy atom. The number of benzene rings is 1. The van der Waals surface area contributed by atoms with Crippen LogP contribution in [0.15, 0.2) is 18.2 Å². The van der Waals surface area contributed by atoms with Gasteiger partial charge in [0.2, 0.25) is 0 Å². The number of rotatable bonds is 4. The third kappa shape index (κ3) is 3.45. The van der Waals surface area contributed by atoms with Crippen LogP contribution in [0.25, 0.3) is 0 Å². The van der Waals surface area contributed by atoms with Crippen LogP contribution in [0.5, 0.6) is 0 Å². The van der Waals surface area contributed by atoms with E-state index in [1.807, 2.05) is 26.0 Å². The summed E-state index contributed by atoms with van der Waals surface area (Å²) in [5, 5.41) is 3.72. The zero-order chi connectivity index (χ0) is 11.4. The lowest BCUT2D eigenvalue weighted by Gasteiger charge is -2.21. The van der Waals surface area contributed by atoms with Crippen molar-refractivity contribution in [3.05, 3.63) is 34.6 Å². The molecule has 1 N–H and O–H groups in total. The normalized spacial score (nSPS) is 13.2. The molecular formula is C11H16ClFN2. The molecule has 0 aliphatic heterocycles. The summed E-state index contributed by atoms with van der Waals surface area (Å²) < 4.78 is 13.1. The highest BCUT2D eigenvalue weighted by atomic mass is 35.5. The lowest BCUT2D eigenvalue weighted by molar-refractivity contribution is 0.352. The van der Waals surface area contributed by atoms with Crippen LogP contribution >= 0.6 is 11.6 Å². The average Bonchev–Trinajstić information content (AvgIpc) is 2.18. The quantitative estimate of drug-likeness (QED) is 0.854. The predicted molar refractivity (Wildman–Crippen MR) is 61.8 cm³/mol. The Bertz CT molecular complexity index is 328. The average molecular weight is 231 g/mol. The van der Waals surface area contributed by atoms with Crippen LogP contribution in [0.2, 0.25) is 5.02 Å². The van der Waals surface area contributed by atoms with Crippen LogP contribution in [0.1, 0.15) is 11.6 Å². The summed E-state index contributed by atoms with van der Waals surface area (Å²) in [7, 11) is 5.78. The maximum Gasteiger partial charge on any atom is 0.123 e. The first-order valence-electron chi connectivity index (χ1n) is 4.81. The smallest absolute Gasteiger partial charge is 0.123 e. The van der Waals surface area contributed by atoms with Crippen molar-refractivity contribution in [3.63, 3.8) is 0 Å². The minimum absolute atomic E-state index is 0.0446. The second kappa shape index (κ2) is 5.45. The van der Waals surface area contributed by atoms with Gasteiger partial charge in [-0.25, -0.2) is 4.39 Å².